The fourth-order valence-corrected chi connectivity index (χ4v) is 9.82. The van der Waals surface area contributed by atoms with Crippen LogP contribution in [0.15, 0.2) is 223 Å². The molecule has 2 aromatic heterocycles. The molecule has 0 spiro atoms. The second-order valence-electron chi connectivity index (χ2n) is 17.4. The summed E-state index contributed by atoms with van der Waals surface area (Å²) in [5.74, 6) is 0.679. The molecule has 0 unspecified atom stereocenters. The lowest BCUT2D eigenvalue weighted by molar-refractivity contribution is 0.660. The van der Waals surface area contributed by atoms with Crippen molar-refractivity contribution < 1.29 is 4.42 Å². The van der Waals surface area contributed by atoms with Crippen LogP contribution in [0.4, 0.5) is 0 Å². The molecule has 3 heteroatoms. The van der Waals surface area contributed by atoms with E-state index < -0.39 is 0 Å². The molecular weight excluding hydrogens is 777 g/mol. The van der Waals surface area contributed by atoms with E-state index in [-0.39, 0.29) is 5.41 Å². The van der Waals surface area contributed by atoms with Crippen molar-refractivity contribution >= 4 is 21.9 Å². The van der Waals surface area contributed by atoms with Crippen LogP contribution in [0, 0.1) is 0 Å². The Hall–Kier alpha value is -8.14. The third kappa shape index (κ3) is 6.44. The van der Waals surface area contributed by atoms with Gasteiger partial charge in [-0.15, -0.1) is 0 Å². The molecule has 0 N–H and O–H groups in total. The van der Waals surface area contributed by atoms with Gasteiger partial charge in [0.05, 0.1) is 11.4 Å². The summed E-state index contributed by atoms with van der Waals surface area (Å²) < 4.78 is 6.27. The molecule has 0 fully saturated rings. The summed E-state index contributed by atoms with van der Waals surface area (Å²) in [6, 6.07) is 78.0. The highest BCUT2D eigenvalue weighted by molar-refractivity contribution is 6.06. The van der Waals surface area contributed by atoms with E-state index >= 15 is 0 Å². The van der Waals surface area contributed by atoms with Crippen LogP contribution in [0.5, 0.6) is 0 Å². The van der Waals surface area contributed by atoms with Gasteiger partial charge in [0, 0.05) is 32.9 Å². The smallest absolute Gasteiger partial charge is 0.160 e. The number of hydrogen-bond acceptors (Lipinski definition) is 3. The van der Waals surface area contributed by atoms with Crippen molar-refractivity contribution in [2.24, 2.45) is 0 Å². The SMILES string of the molecule is CC1(C)c2ccccc2-c2cc(-c3cccc(-c4cc(-c5cc(-c6ccc7oc8ccccc8c7c6)cc(-c6ccccc6-c6ccccc6)c5)nc(-c5ccccc5)n4)c3)ccc21. The molecule has 12 rings (SSSR count). The Morgan fingerprint density at radius 1 is 0.312 bits per heavy atom. The van der Waals surface area contributed by atoms with Crippen LogP contribution in [0.1, 0.15) is 25.0 Å². The highest BCUT2D eigenvalue weighted by Gasteiger charge is 2.35. The van der Waals surface area contributed by atoms with Crippen LogP contribution in [0.3, 0.4) is 0 Å². The van der Waals surface area contributed by atoms with Crippen LogP contribution < -0.4 is 0 Å². The van der Waals surface area contributed by atoms with Gasteiger partial charge in [-0.05, 0) is 121 Å². The molecule has 1 aliphatic rings. The number of para-hydroxylation sites is 1. The van der Waals surface area contributed by atoms with Crippen molar-refractivity contribution in [1.29, 1.82) is 0 Å². The average Bonchev–Trinajstić information content (AvgIpc) is 3.85. The Labute approximate surface area is 373 Å². The topological polar surface area (TPSA) is 38.9 Å². The number of benzene rings is 9. The lowest BCUT2D eigenvalue weighted by Crippen LogP contribution is -2.14. The van der Waals surface area contributed by atoms with E-state index in [1.165, 1.54) is 38.9 Å². The zero-order valence-corrected chi connectivity index (χ0v) is 35.6. The number of aromatic nitrogens is 2. The molecule has 0 saturated heterocycles. The summed E-state index contributed by atoms with van der Waals surface area (Å²) in [5.41, 5.74) is 20.9. The molecule has 302 valence electrons. The van der Waals surface area contributed by atoms with Gasteiger partial charge in [-0.2, -0.15) is 0 Å². The van der Waals surface area contributed by atoms with E-state index in [2.05, 4.69) is 202 Å². The van der Waals surface area contributed by atoms with Crippen LogP contribution in [0.25, 0.3) is 111 Å². The van der Waals surface area contributed by atoms with Gasteiger partial charge in [0.1, 0.15) is 11.2 Å². The minimum atomic E-state index is -0.0430. The normalized spacial score (nSPS) is 12.7. The molecule has 0 radical (unpaired) electrons. The summed E-state index contributed by atoms with van der Waals surface area (Å²) >= 11 is 0. The first-order valence-corrected chi connectivity index (χ1v) is 22.0. The van der Waals surface area contributed by atoms with Gasteiger partial charge in [0.25, 0.3) is 0 Å². The summed E-state index contributed by atoms with van der Waals surface area (Å²) in [7, 11) is 0. The third-order valence-corrected chi connectivity index (χ3v) is 13.1. The molecular formula is C61H42N2O. The standard InChI is InChI=1S/C61H42N2O/c1-61(2)54-26-13-11-24-50(54)52-36-42(28-30-55(52)61)41-20-15-21-44(32-41)56-38-57(63-60(62-56)40-18-7-4-8-19-40)47-34-45(43-29-31-59-53(37-43)51-25-12-14-27-58(51)64-59)33-46(35-47)49-23-10-9-22-48(49)39-16-5-3-6-17-39/h3-38H,1-2H3. The van der Waals surface area contributed by atoms with Crippen molar-refractivity contribution in [3.63, 3.8) is 0 Å². The van der Waals surface area contributed by atoms with Gasteiger partial charge in [0.15, 0.2) is 5.82 Å². The Kier molecular flexibility index (Phi) is 8.84. The van der Waals surface area contributed by atoms with Crippen LogP contribution in [0.2, 0.25) is 0 Å². The minimum Gasteiger partial charge on any atom is -0.456 e. The molecule has 2 heterocycles. The van der Waals surface area contributed by atoms with Crippen molar-refractivity contribution in [3.05, 3.63) is 230 Å². The maximum Gasteiger partial charge on any atom is 0.160 e. The van der Waals surface area contributed by atoms with Crippen molar-refractivity contribution in [1.82, 2.24) is 9.97 Å². The highest BCUT2D eigenvalue weighted by Crippen LogP contribution is 2.50. The molecule has 64 heavy (non-hydrogen) atoms. The van der Waals surface area contributed by atoms with Gasteiger partial charge < -0.3 is 4.42 Å². The maximum atomic E-state index is 6.27. The van der Waals surface area contributed by atoms with Gasteiger partial charge in [0.2, 0.25) is 0 Å². The molecule has 3 nitrogen and oxygen atoms in total. The van der Waals surface area contributed by atoms with E-state index in [4.69, 9.17) is 14.4 Å². The quantitative estimate of drug-likeness (QED) is 0.161. The Bertz CT molecular complexity index is 3580. The second kappa shape index (κ2) is 15.0. The van der Waals surface area contributed by atoms with E-state index in [1.807, 2.05) is 30.3 Å². The first-order chi connectivity index (χ1) is 31.4. The molecule has 9 aromatic carbocycles. The number of furan rings is 1. The zero-order valence-electron chi connectivity index (χ0n) is 35.6. The Morgan fingerprint density at radius 3 is 1.66 bits per heavy atom. The first-order valence-electron chi connectivity index (χ1n) is 22.0. The van der Waals surface area contributed by atoms with Gasteiger partial charge in [-0.1, -0.05) is 178 Å². The van der Waals surface area contributed by atoms with E-state index in [1.54, 1.807) is 0 Å². The number of fused-ring (bicyclic) bond motifs is 6. The van der Waals surface area contributed by atoms with E-state index in [0.29, 0.717) is 5.82 Å². The molecule has 1 aliphatic carbocycles. The number of hydrogen-bond donors (Lipinski definition) is 0. The molecule has 0 aliphatic heterocycles. The first kappa shape index (κ1) is 37.6. The summed E-state index contributed by atoms with van der Waals surface area (Å²) in [6.45, 7) is 4.66. The minimum absolute atomic E-state index is 0.0430. The lowest BCUT2D eigenvalue weighted by Gasteiger charge is -2.21. The fraction of sp³-hybridized carbons (Fsp3) is 0.0492. The molecule has 11 aromatic rings. The second-order valence-corrected chi connectivity index (χ2v) is 17.4. The van der Waals surface area contributed by atoms with Crippen molar-refractivity contribution in [2.45, 2.75) is 19.3 Å². The fourth-order valence-electron chi connectivity index (χ4n) is 9.82. The van der Waals surface area contributed by atoms with Crippen LogP contribution >= 0.6 is 0 Å². The summed E-state index contributed by atoms with van der Waals surface area (Å²) in [4.78, 5) is 10.7. The van der Waals surface area contributed by atoms with Crippen LogP contribution in [-0.4, -0.2) is 9.97 Å². The predicted octanol–water partition coefficient (Wildman–Crippen LogP) is 16.4. The molecule has 0 atom stereocenters. The molecule has 0 saturated carbocycles. The van der Waals surface area contributed by atoms with Crippen molar-refractivity contribution in [2.75, 3.05) is 0 Å². The zero-order chi connectivity index (χ0) is 42.8. The van der Waals surface area contributed by atoms with Gasteiger partial charge in [-0.3, -0.25) is 0 Å². The van der Waals surface area contributed by atoms with Gasteiger partial charge >= 0.3 is 0 Å². The Morgan fingerprint density at radius 2 is 0.844 bits per heavy atom. The predicted molar refractivity (Wildman–Crippen MR) is 265 cm³/mol. The summed E-state index contributed by atoms with van der Waals surface area (Å²) in [6.07, 6.45) is 0. The van der Waals surface area contributed by atoms with Crippen LogP contribution in [-0.2, 0) is 5.41 Å². The van der Waals surface area contributed by atoms with E-state index in [9.17, 15) is 0 Å². The molecule has 0 bridgehead atoms. The Balaban J connectivity index is 1.04. The highest BCUT2D eigenvalue weighted by atomic mass is 16.3. The van der Waals surface area contributed by atoms with Gasteiger partial charge in [-0.25, -0.2) is 9.97 Å². The van der Waals surface area contributed by atoms with Crippen molar-refractivity contribution in [3.8, 4) is 89.5 Å². The largest absolute Gasteiger partial charge is 0.456 e. The summed E-state index contributed by atoms with van der Waals surface area (Å²) in [5, 5.41) is 2.20. The lowest BCUT2D eigenvalue weighted by atomic mass is 9.82. The average molecular weight is 819 g/mol. The monoisotopic (exact) mass is 818 g/mol. The maximum absolute atomic E-state index is 6.27. The number of rotatable bonds is 7. The third-order valence-electron chi connectivity index (χ3n) is 13.1. The molecule has 0 amide bonds. The number of nitrogens with zero attached hydrogens (tertiary/aromatic N) is 2. The van der Waals surface area contributed by atoms with E-state index in [0.717, 1.165) is 77.8 Å².